The van der Waals surface area contributed by atoms with E-state index in [2.05, 4.69) is 15.0 Å². The number of rotatable bonds is 6. The first-order chi connectivity index (χ1) is 14.3. The van der Waals surface area contributed by atoms with Crippen LogP contribution < -0.4 is 10.0 Å². The molecule has 1 aromatic heterocycles. The van der Waals surface area contributed by atoms with Gasteiger partial charge in [-0.15, -0.1) is 0 Å². The van der Waals surface area contributed by atoms with E-state index in [1.807, 2.05) is 0 Å². The third-order valence-corrected chi connectivity index (χ3v) is 6.76. The van der Waals surface area contributed by atoms with Gasteiger partial charge in [-0.1, -0.05) is 0 Å². The van der Waals surface area contributed by atoms with Crippen molar-refractivity contribution in [2.45, 2.75) is 31.6 Å². The maximum absolute atomic E-state index is 12.7. The molecule has 2 heterocycles. The fourth-order valence-corrected chi connectivity index (χ4v) is 4.90. The first-order valence-electron chi connectivity index (χ1n) is 9.83. The van der Waals surface area contributed by atoms with Crippen molar-refractivity contribution in [3.05, 3.63) is 53.9 Å². The summed E-state index contributed by atoms with van der Waals surface area (Å²) in [5, 5.41) is 2.64. The number of benzene rings is 1. The normalized spacial score (nSPS) is 15.1. The molecule has 0 atom stereocenters. The van der Waals surface area contributed by atoms with E-state index in [1.54, 1.807) is 48.5 Å². The number of carbonyl (C=O) groups is 2. The molecule has 2 N–H and O–H groups in total. The zero-order chi connectivity index (χ0) is 21.7. The predicted molar refractivity (Wildman–Crippen MR) is 114 cm³/mol. The van der Waals surface area contributed by atoms with Crippen LogP contribution in [0.1, 0.15) is 35.7 Å². The van der Waals surface area contributed by atoms with E-state index in [0.29, 0.717) is 36.4 Å². The quantitative estimate of drug-likeness (QED) is 0.730. The molecule has 0 bridgehead atoms. The van der Waals surface area contributed by atoms with Crippen LogP contribution in [0.3, 0.4) is 0 Å². The molecule has 0 aliphatic carbocycles. The van der Waals surface area contributed by atoms with Gasteiger partial charge in [0, 0.05) is 50.2 Å². The van der Waals surface area contributed by atoms with Gasteiger partial charge in [0.05, 0.1) is 4.90 Å². The van der Waals surface area contributed by atoms with Crippen LogP contribution in [0.5, 0.6) is 0 Å². The molecular formula is C21H26N4O4S. The summed E-state index contributed by atoms with van der Waals surface area (Å²) in [7, 11) is -3.66. The van der Waals surface area contributed by atoms with Crippen molar-refractivity contribution in [1.82, 2.24) is 14.6 Å². The number of hydrogen-bond donors (Lipinski definition) is 2. The van der Waals surface area contributed by atoms with Gasteiger partial charge in [-0.2, -0.15) is 0 Å². The summed E-state index contributed by atoms with van der Waals surface area (Å²) >= 11 is 0. The van der Waals surface area contributed by atoms with Gasteiger partial charge in [-0.05, 0) is 61.6 Å². The minimum atomic E-state index is -3.66. The number of amides is 2. The maximum atomic E-state index is 12.7. The van der Waals surface area contributed by atoms with Crippen LogP contribution in [0.2, 0.25) is 0 Å². The molecule has 2 amide bonds. The number of likely N-dealkylation sites (tertiary alicyclic amines) is 1. The minimum absolute atomic E-state index is 0.0219. The number of pyridine rings is 1. The third kappa shape index (κ3) is 5.43. The third-order valence-electron chi connectivity index (χ3n) is 5.18. The Labute approximate surface area is 176 Å². The van der Waals surface area contributed by atoms with Crippen molar-refractivity contribution < 1.29 is 18.0 Å². The Morgan fingerprint density at radius 2 is 1.80 bits per heavy atom. The van der Waals surface area contributed by atoms with E-state index in [9.17, 15) is 18.0 Å². The zero-order valence-electron chi connectivity index (χ0n) is 17.1. The SMILES string of the molecule is CC(=O)Nc1ccc(S(=O)(=O)NCC2CCN(C(=O)c3ccncc3)CC2)c(C)c1. The van der Waals surface area contributed by atoms with Gasteiger partial charge < -0.3 is 10.2 Å². The summed E-state index contributed by atoms with van der Waals surface area (Å²) in [4.78, 5) is 29.6. The highest BCUT2D eigenvalue weighted by Crippen LogP contribution is 2.22. The number of carbonyl (C=O) groups excluding carboxylic acids is 2. The molecule has 9 heteroatoms. The maximum Gasteiger partial charge on any atom is 0.253 e. The molecule has 0 radical (unpaired) electrons. The summed E-state index contributed by atoms with van der Waals surface area (Å²) in [6, 6.07) is 8.11. The summed E-state index contributed by atoms with van der Waals surface area (Å²) in [5.41, 5.74) is 1.74. The van der Waals surface area contributed by atoms with Crippen LogP contribution in [0.25, 0.3) is 0 Å². The Hall–Kier alpha value is -2.78. The van der Waals surface area contributed by atoms with E-state index < -0.39 is 10.0 Å². The fraction of sp³-hybridized carbons (Fsp3) is 0.381. The molecule has 1 aliphatic rings. The summed E-state index contributed by atoms with van der Waals surface area (Å²) in [5.74, 6) is -0.0663. The van der Waals surface area contributed by atoms with E-state index in [-0.39, 0.29) is 22.6 Å². The second-order valence-electron chi connectivity index (χ2n) is 7.48. The molecule has 0 unspecified atom stereocenters. The van der Waals surface area contributed by atoms with Gasteiger partial charge in [-0.3, -0.25) is 14.6 Å². The first-order valence-corrected chi connectivity index (χ1v) is 11.3. The molecular weight excluding hydrogens is 404 g/mol. The standard InChI is InChI=1S/C21H26N4O4S/c1-15-13-19(24-16(2)26)3-4-20(15)30(28,29)23-14-17-7-11-25(12-8-17)21(27)18-5-9-22-10-6-18/h3-6,9-10,13,17,23H,7-8,11-12,14H2,1-2H3,(H,24,26). The van der Waals surface area contributed by atoms with Crippen LogP contribution >= 0.6 is 0 Å². The Kier molecular flexibility index (Phi) is 6.84. The van der Waals surface area contributed by atoms with Crippen molar-refractivity contribution in [2.24, 2.45) is 5.92 Å². The highest BCUT2D eigenvalue weighted by atomic mass is 32.2. The van der Waals surface area contributed by atoms with Crippen LogP contribution in [0.4, 0.5) is 5.69 Å². The Morgan fingerprint density at radius 1 is 1.13 bits per heavy atom. The van der Waals surface area contributed by atoms with Crippen LogP contribution in [-0.4, -0.2) is 49.8 Å². The van der Waals surface area contributed by atoms with E-state index >= 15 is 0 Å². The number of nitrogens with zero attached hydrogens (tertiary/aromatic N) is 2. The van der Waals surface area contributed by atoms with Gasteiger partial charge in [0.15, 0.2) is 0 Å². The number of sulfonamides is 1. The lowest BCUT2D eigenvalue weighted by molar-refractivity contribution is -0.114. The molecule has 2 aromatic rings. The Bertz CT molecular complexity index is 1020. The van der Waals surface area contributed by atoms with E-state index in [1.165, 1.54) is 13.0 Å². The zero-order valence-corrected chi connectivity index (χ0v) is 17.9. The van der Waals surface area contributed by atoms with Gasteiger partial charge in [-0.25, -0.2) is 13.1 Å². The highest BCUT2D eigenvalue weighted by Gasteiger charge is 2.25. The number of aromatic nitrogens is 1. The summed E-state index contributed by atoms with van der Waals surface area (Å²) < 4.78 is 28.1. The molecule has 1 fully saturated rings. The van der Waals surface area contributed by atoms with Crippen LogP contribution in [0.15, 0.2) is 47.6 Å². The summed E-state index contributed by atoms with van der Waals surface area (Å²) in [6.45, 7) is 4.61. The molecule has 160 valence electrons. The van der Waals surface area contributed by atoms with Gasteiger partial charge >= 0.3 is 0 Å². The average molecular weight is 431 g/mol. The van der Waals surface area contributed by atoms with Crippen LogP contribution in [-0.2, 0) is 14.8 Å². The molecule has 1 saturated heterocycles. The number of nitrogens with one attached hydrogen (secondary N) is 2. The molecule has 8 nitrogen and oxygen atoms in total. The van der Waals surface area contributed by atoms with Crippen molar-refractivity contribution in [3.63, 3.8) is 0 Å². The number of hydrogen-bond acceptors (Lipinski definition) is 5. The predicted octanol–water partition coefficient (Wildman–Crippen LogP) is 2.18. The Morgan fingerprint density at radius 3 is 2.40 bits per heavy atom. The smallest absolute Gasteiger partial charge is 0.253 e. The molecule has 0 saturated carbocycles. The monoisotopic (exact) mass is 430 g/mol. The van der Waals surface area contributed by atoms with Gasteiger partial charge in [0.2, 0.25) is 15.9 Å². The van der Waals surface area contributed by atoms with E-state index in [4.69, 9.17) is 0 Å². The molecule has 0 spiro atoms. The molecule has 1 aliphatic heterocycles. The lowest BCUT2D eigenvalue weighted by atomic mass is 9.97. The largest absolute Gasteiger partial charge is 0.339 e. The number of aryl methyl sites for hydroxylation is 1. The van der Waals surface area contributed by atoms with Gasteiger partial charge in [0.1, 0.15) is 0 Å². The molecule has 30 heavy (non-hydrogen) atoms. The minimum Gasteiger partial charge on any atom is -0.339 e. The van der Waals surface area contributed by atoms with E-state index in [0.717, 1.165) is 12.8 Å². The highest BCUT2D eigenvalue weighted by molar-refractivity contribution is 7.89. The second-order valence-corrected chi connectivity index (χ2v) is 9.22. The molecule has 1 aromatic carbocycles. The lowest BCUT2D eigenvalue weighted by Gasteiger charge is -2.32. The van der Waals surface area contributed by atoms with Crippen molar-refractivity contribution in [2.75, 3.05) is 25.0 Å². The second kappa shape index (κ2) is 9.36. The summed E-state index contributed by atoms with van der Waals surface area (Å²) in [6.07, 6.45) is 4.67. The van der Waals surface area contributed by atoms with Crippen molar-refractivity contribution in [1.29, 1.82) is 0 Å². The molecule has 3 rings (SSSR count). The van der Waals surface area contributed by atoms with Crippen LogP contribution in [0, 0.1) is 12.8 Å². The first kappa shape index (κ1) is 21.9. The number of anilines is 1. The average Bonchev–Trinajstić information content (AvgIpc) is 2.72. The number of piperidine rings is 1. The topological polar surface area (TPSA) is 108 Å². The Balaban J connectivity index is 1.55. The van der Waals surface area contributed by atoms with Gasteiger partial charge in [0.25, 0.3) is 5.91 Å². The lowest BCUT2D eigenvalue weighted by Crippen LogP contribution is -2.41. The fourth-order valence-electron chi connectivity index (χ4n) is 3.55. The van der Waals surface area contributed by atoms with Crippen molar-refractivity contribution in [3.8, 4) is 0 Å². The van der Waals surface area contributed by atoms with Crippen molar-refractivity contribution >= 4 is 27.5 Å².